The summed E-state index contributed by atoms with van der Waals surface area (Å²) in [6.45, 7) is 10.0. The molecule has 6 heteroatoms. The Hall–Kier alpha value is -1.43. The summed E-state index contributed by atoms with van der Waals surface area (Å²) in [5, 5.41) is 3.77. The number of thiazole rings is 1. The first-order chi connectivity index (χ1) is 9.82. The number of aryl methyl sites for hydroxylation is 2. The summed E-state index contributed by atoms with van der Waals surface area (Å²) in [5.41, 5.74) is 0.194. The lowest BCUT2D eigenvalue weighted by Gasteiger charge is -2.43. The highest BCUT2D eigenvalue weighted by Crippen LogP contribution is 2.26. The molecule has 0 aromatic carbocycles. The largest absolute Gasteiger partial charge is 0.340 e. The molecule has 1 aromatic rings. The van der Waals surface area contributed by atoms with E-state index in [1.54, 1.807) is 23.2 Å². The van der Waals surface area contributed by atoms with Crippen molar-refractivity contribution in [3.63, 3.8) is 0 Å². The maximum absolute atomic E-state index is 12.8. The van der Waals surface area contributed by atoms with Gasteiger partial charge in [0.25, 0.3) is 0 Å². The lowest BCUT2D eigenvalue weighted by atomic mass is 9.91. The van der Waals surface area contributed by atoms with Crippen LogP contribution in [0.1, 0.15) is 49.2 Å². The molecule has 0 aliphatic carbocycles. The quantitative estimate of drug-likeness (QED) is 0.927. The van der Waals surface area contributed by atoms with Gasteiger partial charge in [-0.2, -0.15) is 0 Å². The first-order valence-electron chi connectivity index (χ1n) is 7.38. The van der Waals surface area contributed by atoms with Gasteiger partial charge in [0.15, 0.2) is 0 Å². The van der Waals surface area contributed by atoms with E-state index >= 15 is 0 Å². The minimum absolute atomic E-state index is 0.0121. The summed E-state index contributed by atoms with van der Waals surface area (Å²) in [6, 6.07) is -0.401. The van der Waals surface area contributed by atoms with Crippen LogP contribution in [0.15, 0.2) is 0 Å². The zero-order valence-electron chi connectivity index (χ0n) is 13.3. The topological polar surface area (TPSA) is 62.3 Å². The number of nitrogens with zero attached hydrogens (tertiary/aromatic N) is 2. The molecular weight excluding hydrogens is 286 g/mol. The van der Waals surface area contributed by atoms with Gasteiger partial charge >= 0.3 is 0 Å². The molecule has 1 N–H and O–H groups in total. The average Bonchev–Trinajstić information content (AvgIpc) is 2.75. The van der Waals surface area contributed by atoms with Gasteiger partial charge in [0, 0.05) is 4.88 Å². The molecule has 21 heavy (non-hydrogen) atoms. The molecule has 2 heterocycles. The molecule has 0 bridgehead atoms. The van der Waals surface area contributed by atoms with Crippen LogP contribution in [0.4, 0.5) is 0 Å². The summed E-state index contributed by atoms with van der Waals surface area (Å²) in [7, 11) is 0. The summed E-state index contributed by atoms with van der Waals surface area (Å²) >= 11 is 1.59. The molecule has 1 aromatic heterocycles. The Kier molecular flexibility index (Phi) is 4.37. The van der Waals surface area contributed by atoms with E-state index in [-0.39, 0.29) is 11.8 Å². The van der Waals surface area contributed by atoms with Crippen molar-refractivity contribution in [3.05, 3.63) is 15.6 Å². The highest BCUT2D eigenvalue weighted by atomic mass is 32.1. The van der Waals surface area contributed by atoms with Crippen molar-refractivity contribution in [2.75, 3.05) is 0 Å². The summed E-state index contributed by atoms with van der Waals surface area (Å²) in [5.74, 6) is -0.0755. The number of nitrogens with one attached hydrogen (secondary N) is 1. The van der Waals surface area contributed by atoms with Gasteiger partial charge in [0.1, 0.15) is 16.6 Å². The second-order valence-electron chi connectivity index (χ2n) is 5.78. The fourth-order valence-corrected chi connectivity index (χ4v) is 3.52. The maximum atomic E-state index is 12.8. The first kappa shape index (κ1) is 15.9. The zero-order valence-corrected chi connectivity index (χ0v) is 14.1. The van der Waals surface area contributed by atoms with Gasteiger partial charge in [-0.1, -0.05) is 13.8 Å². The number of carbonyl (C=O) groups is 2. The Morgan fingerprint density at radius 3 is 2.48 bits per heavy atom. The summed E-state index contributed by atoms with van der Waals surface area (Å²) < 4.78 is 0. The SMILES string of the molecule is CCC1C(=O)NC(C)(CC)C(=O)N1Cc1nc(C)c(C)s1. The van der Waals surface area contributed by atoms with E-state index in [1.165, 1.54) is 0 Å². The third kappa shape index (κ3) is 2.81. The van der Waals surface area contributed by atoms with E-state index in [0.717, 1.165) is 15.6 Å². The van der Waals surface area contributed by atoms with Gasteiger partial charge in [-0.05, 0) is 33.6 Å². The van der Waals surface area contributed by atoms with Crippen molar-refractivity contribution in [3.8, 4) is 0 Å². The lowest BCUT2D eigenvalue weighted by Crippen LogP contribution is -2.68. The van der Waals surface area contributed by atoms with Crippen LogP contribution >= 0.6 is 11.3 Å². The van der Waals surface area contributed by atoms with Gasteiger partial charge in [0.05, 0.1) is 12.2 Å². The van der Waals surface area contributed by atoms with Crippen molar-refractivity contribution in [2.24, 2.45) is 0 Å². The molecule has 116 valence electrons. The minimum atomic E-state index is -0.801. The highest BCUT2D eigenvalue weighted by Gasteiger charge is 2.46. The van der Waals surface area contributed by atoms with E-state index in [2.05, 4.69) is 10.3 Å². The van der Waals surface area contributed by atoms with Gasteiger partial charge in [-0.25, -0.2) is 4.98 Å². The Bertz CT molecular complexity index is 550. The number of hydrogen-bond acceptors (Lipinski definition) is 4. The normalized spacial score (nSPS) is 26.1. The molecule has 2 atom stereocenters. The smallest absolute Gasteiger partial charge is 0.249 e. The molecule has 2 rings (SSSR count). The van der Waals surface area contributed by atoms with Crippen molar-refractivity contribution < 1.29 is 9.59 Å². The van der Waals surface area contributed by atoms with Crippen LogP contribution in [0.2, 0.25) is 0 Å². The molecule has 0 spiro atoms. The highest BCUT2D eigenvalue weighted by molar-refractivity contribution is 7.11. The molecule has 1 saturated heterocycles. The maximum Gasteiger partial charge on any atom is 0.249 e. The monoisotopic (exact) mass is 309 g/mol. The van der Waals surface area contributed by atoms with Crippen LogP contribution in [0.5, 0.6) is 0 Å². The zero-order chi connectivity index (χ0) is 15.8. The van der Waals surface area contributed by atoms with Crippen molar-refractivity contribution in [1.82, 2.24) is 15.2 Å². The van der Waals surface area contributed by atoms with Gasteiger partial charge in [-0.15, -0.1) is 11.3 Å². The van der Waals surface area contributed by atoms with Gasteiger partial charge in [-0.3, -0.25) is 9.59 Å². The van der Waals surface area contributed by atoms with E-state index in [1.807, 2.05) is 27.7 Å². The molecular formula is C15H23N3O2S. The predicted octanol–water partition coefficient (Wildman–Crippen LogP) is 2.17. The van der Waals surface area contributed by atoms with E-state index in [4.69, 9.17) is 0 Å². The van der Waals surface area contributed by atoms with Crippen LogP contribution in [-0.2, 0) is 16.1 Å². The number of rotatable bonds is 4. The fraction of sp³-hybridized carbons (Fsp3) is 0.667. The Labute approximate surface area is 129 Å². The van der Waals surface area contributed by atoms with Crippen LogP contribution in [0.3, 0.4) is 0 Å². The first-order valence-corrected chi connectivity index (χ1v) is 8.20. The van der Waals surface area contributed by atoms with Crippen molar-refractivity contribution >= 4 is 23.2 Å². The summed E-state index contributed by atoms with van der Waals surface area (Å²) in [6.07, 6.45) is 1.20. The standard InChI is InChI=1S/C15H23N3O2S/c1-6-11-13(19)17-15(5,7-2)14(20)18(11)8-12-16-9(3)10(4)21-12/h11H,6-8H2,1-5H3,(H,17,19). The fourth-order valence-electron chi connectivity index (χ4n) is 2.59. The molecule has 5 nitrogen and oxygen atoms in total. The molecule has 1 fully saturated rings. The van der Waals surface area contributed by atoms with Crippen LogP contribution in [0, 0.1) is 13.8 Å². The second kappa shape index (κ2) is 5.75. The van der Waals surface area contributed by atoms with Gasteiger partial charge in [0.2, 0.25) is 11.8 Å². The molecule has 1 aliphatic heterocycles. The van der Waals surface area contributed by atoms with Crippen LogP contribution in [-0.4, -0.2) is 33.3 Å². The second-order valence-corrected chi connectivity index (χ2v) is 7.07. The Morgan fingerprint density at radius 2 is 2.00 bits per heavy atom. The van der Waals surface area contributed by atoms with Crippen LogP contribution in [0.25, 0.3) is 0 Å². The van der Waals surface area contributed by atoms with Crippen molar-refractivity contribution in [2.45, 2.75) is 65.6 Å². The molecule has 0 radical (unpaired) electrons. The van der Waals surface area contributed by atoms with Gasteiger partial charge < -0.3 is 10.2 Å². The van der Waals surface area contributed by atoms with Crippen molar-refractivity contribution in [1.29, 1.82) is 0 Å². The number of carbonyl (C=O) groups excluding carboxylic acids is 2. The lowest BCUT2D eigenvalue weighted by molar-refractivity contribution is -0.155. The summed E-state index contributed by atoms with van der Waals surface area (Å²) in [4.78, 5) is 32.4. The number of amides is 2. The van der Waals surface area contributed by atoms with E-state index < -0.39 is 11.6 Å². The molecule has 2 amide bonds. The number of piperazine rings is 1. The third-order valence-corrected chi connectivity index (χ3v) is 5.34. The molecule has 1 aliphatic rings. The third-order valence-electron chi connectivity index (χ3n) is 4.28. The predicted molar refractivity (Wildman–Crippen MR) is 83.1 cm³/mol. The number of aromatic nitrogens is 1. The minimum Gasteiger partial charge on any atom is -0.340 e. The van der Waals surface area contributed by atoms with E-state index in [0.29, 0.717) is 19.4 Å². The molecule has 2 unspecified atom stereocenters. The van der Waals surface area contributed by atoms with E-state index in [9.17, 15) is 9.59 Å². The Balaban J connectivity index is 2.31. The van der Waals surface area contributed by atoms with Crippen LogP contribution < -0.4 is 5.32 Å². The number of hydrogen-bond donors (Lipinski definition) is 1. The molecule has 0 saturated carbocycles. The Morgan fingerprint density at radius 1 is 1.33 bits per heavy atom. The average molecular weight is 309 g/mol.